The summed E-state index contributed by atoms with van der Waals surface area (Å²) in [5, 5.41) is 2.16. The molecule has 1 aromatic heterocycles. The number of benzene rings is 2. The van der Waals surface area contributed by atoms with Crippen molar-refractivity contribution >= 4 is 16.6 Å². The summed E-state index contributed by atoms with van der Waals surface area (Å²) in [6, 6.07) is 16.0. The average Bonchev–Trinajstić information content (AvgIpc) is 2.68. The van der Waals surface area contributed by atoms with E-state index in [4.69, 9.17) is 10.5 Å². The van der Waals surface area contributed by atoms with E-state index in [9.17, 15) is 4.79 Å². The third kappa shape index (κ3) is 5.00. The molecule has 0 radical (unpaired) electrons. The first-order chi connectivity index (χ1) is 13.1. The summed E-state index contributed by atoms with van der Waals surface area (Å²) >= 11 is 0. The molecular weight excluding hydrogens is 336 g/mol. The zero-order chi connectivity index (χ0) is 19.2. The average molecular weight is 362 g/mol. The smallest absolute Gasteiger partial charge is 0.145 e. The number of fused-ring (bicyclic) bond motifs is 1. The van der Waals surface area contributed by atoms with E-state index >= 15 is 0 Å². The Morgan fingerprint density at radius 3 is 2.48 bits per heavy atom. The van der Waals surface area contributed by atoms with Crippen molar-refractivity contribution in [1.29, 1.82) is 0 Å². The van der Waals surface area contributed by atoms with Crippen molar-refractivity contribution in [2.24, 2.45) is 5.73 Å². The Morgan fingerprint density at radius 1 is 1.04 bits per heavy atom. The van der Waals surface area contributed by atoms with Crippen molar-refractivity contribution in [3.05, 3.63) is 77.6 Å². The van der Waals surface area contributed by atoms with Crippen molar-refractivity contribution < 1.29 is 9.53 Å². The lowest BCUT2D eigenvalue weighted by atomic mass is 9.90. The van der Waals surface area contributed by atoms with Crippen LogP contribution in [0, 0.1) is 0 Å². The third-order valence-electron chi connectivity index (χ3n) is 4.67. The Hall–Kier alpha value is -2.56. The fourth-order valence-electron chi connectivity index (χ4n) is 3.13. The molecule has 4 nitrogen and oxygen atoms in total. The van der Waals surface area contributed by atoms with Gasteiger partial charge in [0, 0.05) is 30.7 Å². The van der Waals surface area contributed by atoms with Crippen molar-refractivity contribution in [3.8, 4) is 0 Å². The molecule has 27 heavy (non-hydrogen) atoms. The highest BCUT2D eigenvalue weighted by atomic mass is 16.5. The van der Waals surface area contributed by atoms with Gasteiger partial charge in [0.25, 0.3) is 0 Å². The van der Waals surface area contributed by atoms with Crippen LogP contribution in [0.15, 0.2) is 60.9 Å². The number of Topliss-reactive ketones (excluding diaryl/α,β-unsaturated/α-hetero) is 1. The van der Waals surface area contributed by atoms with Crippen LogP contribution >= 0.6 is 0 Å². The van der Waals surface area contributed by atoms with Crippen LogP contribution < -0.4 is 5.73 Å². The number of aromatic nitrogens is 1. The molecule has 4 heteroatoms. The predicted molar refractivity (Wildman–Crippen MR) is 109 cm³/mol. The molecule has 0 bridgehead atoms. The Morgan fingerprint density at radius 2 is 1.78 bits per heavy atom. The standard InChI is InChI=1S/C23H26N2O2/c1-16(2)27-15-17-3-6-19(7-4-17)22(13-24)23(26)12-18-5-8-21-14-25-10-9-20(21)11-18/h3-11,14,16,22H,12-13,15,24H2,1-2H3. The molecule has 2 N–H and O–H groups in total. The first-order valence-corrected chi connectivity index (χ1v) is 9.32. The fourth-order valence-corrected chi connectivity index (χ4v) is 3.13. The van der Waals surface area contributed by atoms with Crippen LogP contribution in [0.25, 0.3) is 10.8 Å². The number of ether oxygens (including phenoxy) is 1. The minimum absolute atomic E-state index is 0.136. The quantitative estimate of drug-likeness (QED) is 0.657. The normalized spacial score (nSPS) is 12.4. The molecule has 1 atom stereocenters. The SMILES string of the molecule is CC(C)OCc1ccc(C(CN)C(=O)Cc2ccc3cnccc3c2)cc1. The molecular formula is C23H26N2O2. The van der Waals surface area contributed by atoms with Crippen LogP contribution in [0.1, 0.15) is 36.5 Å². The molecule has 140 valence electrons. The number of hydrogen-bond donors (Lipinski definition) is 1. The summed E-state index contributed by atoms with van der Waals surface area (Å²) in [5.74, 6) is -0.157. The van der Waals surface area contributed by atoms with Crippen LogP contribution in [-0.2, 0) is 22.6 Å². The summed E-state index contributed by atoms with van der Waals surface area (Å²) in [4.78, 5) is 17.0. The van der Waals surface area contributed by atoms with Crippen molar-refractivity contribution in [2.45, 2.75) is 38.9 Å². The van der Waals surface area contributed by atoms with Gasteiger partial charge >= 0.3 is 0 Å². The summed E-state index contributed by atoms with van der Waals surface area (Å²) in [6.07, 6.45) is 4.16. The topological polar surface area (TPSA) is 65.2 Å². The molecule has 2 aromatic carbocycles. The molecule has 3 aromatic rings. The van der Waals surface area contributed by atoms with Crippen LogP contribution in [0.2, 0.25) is 0 Å². The van der Waals surface area contributed by atoms with Gasteiger partial charge in [-0.25, -0.2) is 0 Å². The number of nitrogens with zero attached hydrogens (tertiary/aromatic N) is 1. The molecule has 0 aliphatic carbocycles. The van der Waals surface area contributed by atoms with Crippen LogP contribution in [0.3, 0.4) is 0 Å². The number of hydrogen-bond acceptors (Lipinski definition) is 4. The second kappa shape index (κ2) is 8.89. The second-order valence-electron chi connectivity index (χ2n) is 7.09. The minimum atomic E-state index is -0.293. The molecule has 3 rings (SSSR count). The number of pyridine rings is 1. The highest BCUT2D eigenvalue weighted by Crippen LogP contribution is 2.21. The first-order valence-electron chi connectivity index (χ1n) is 9.32. The van der Waals surface area contributed by atoms with Crippen molar-refractivity contribution in [3.63, 3.8) is 0 Å². The number of ketones is 1. The molecule has 0 spiro atoms. The molecule has 1 heterocycles. The zero-order valence-electron chi connectivity index (χ0n) is 15.9. The van der Waals surface area contributed by atoms with Crippen LogP contribution in [-0.4, -0.2) is 23.4 Å². The summed E-state index contributed by atoms with van der Waals surface area (Å²) in [6.45, 7) is 4.91. The summed E-state index contributed by atoms with van der Waals surface area (Å²) in [7, 11) is 0. The van der Waals surface area contributed by atoms with E-state index in [1.54, 1.807) is 6.20 Å². The van der Waals surface area contributed by atoms with Crippen molar-refractivity contribution in [1.82, 2.24) is 4.98 Å². The minimum Gasteiger partial charge on any atom is -0.374 e. The predicted octanol–water partition coefficient (Wildman–Crippen LogP) is 4.01. The zero-order valence-corrected chi connectivity index (χ0v) is 15.9. The van der Waals surface area contributed by atoms with Gasteiger partial charge < -0.3 is 10.5 Å². The number of rotatable bonds is 8. The number of carbonyl (C=O) groups is 1. The summed E-state index contributed by atoms with van der Waals surface area (Å²) in [5.41, 5.74) is 8.99. The maximum atomic E-state index is 12.9. The van der Waals surface area contributed by atoms with Gasteiger partial charge in [-0.1, -0.05) is 42.5 Å². The molecule has 0 amide bonds. The van der Waals surface area contributed by atoms with E-state index in [0.29, 0.717) is 19.6 Å². The Kier molecular flexibility index (Phi) is 6.32. The molecule has 1 unspecified atom stereocenters. The van der Waals surface area contributed by atoms with E-state index in [1.807, 2.05) is 62.5 Å². The van der Waals surface area contributed by atoms with Gasteiger partial charge in [0.15, 0.2) is 0 Å². The van der Waals surface area contributed by atoms with Gasteiger partial charge in [-0.15, -0.1) is 0 Å². The maximum Gasteiger partial charge on any atom is 0.145 e. The molecule has 0 aliphatic heterocycles. The number of nitrogens with two attached hydrogens (primary N) is 1. The molecule has 0 saturated carbocycles. The lowest BCUT2D eigenvalue weighted by Gasteiger charge is -2.15. The van der Waals surface area contributed by atoms with Gasteiger partial charge in [0.05, 0.1) is 18.6 Å². The lowest BCUT2D eigenvalue weighted by molar-refractivity contribution is -0.119. The van der Waals surface area contributed by atoms with E-state index in [0.717, 1.165) is 27.5 Å². The van der Waals surface area contributed by atoms with Gasteiger partial charge in [0.2, 0.25) is 0 Å². The van der Waals surface area contributed by atoms with E-state index in [1.165, 1.54) is 0 Å². The first kappa shape index (κ1) is 19.2. The van der Waals surface area contributed by atoms with E-state index < -0.39 is 0 Å². The Bertz CT molecular complexity index is 904. The van der Waals surface area contributed by atoms with Crippen LogP contribution in [0.4, 0.5) is 0 Å². The van der Waals surface area contributed by atoms with Crippen molar-refractivity contribution in [2.75, 3.05) is 6.54 Å². The molecule has 0 aliphatic rings. The fraction of sp³-hybridized carbons (Fsp3) is 0.304. The van der Waals surface area contributed by atoms with E-state index in [2.05, 4.69) is 11.1 Å². The molecule has 0 saturated heterocycles. The van der Waals surface area contributed by atoms with E-state index in [-0.39, 0.29) is 17.8 Å². The van der Waals surface area contributed by atoms with Crippen LogP contribution in [0.5, 0.6) is 0 Å². The number of carbonyl (C=O) groups excluding carboxylic acids is 1. The highest BCUT2D eigenvalue weighted by molar-refractivity contribution is 5.89. The molecule has 0 fully saturated rings. The van der Waals surface area contributed by atoms with Gasteiger partial charge in [-0.3, -0.25) is 9.78 Å². The van der Waals surface area contributed by atoms with Gasteiger partial charge in [-0.2, -0.15) is 0 Å². The lowest BCUT2D eigenvalue weighted by Crippen LogP contribution is -2.23. The largest absolute Gasteiger partial charge is 0.374 e. The highest BCUT2D eigenvalue weighted by Gasteiger charge is 2.19. The van der Waals surface area contributed by atoms with Gasteiger partial charge in [0.1, 0.15) is 5.78 Å². The second-order valence-corrected chi connectivity index (χ2v) is 7.09. The Labute approximate surface area is 160 Å². The summed E-state index contributed by atoms with van der Waals surface area (Å²) < 4.78 is 5.62. The monoisotopic (exact) mass is 362 g/mol. The maximum absolute atomic E-state index is 12.9. The third-order valence-corrected chi connectivity index (χ3v) is 4.67. The Balaban J connectivity index is 1.71. The van der Waals surface area contributed by atoms with Gasteiger partial charge in [-0.05, 0) is 42.0 Å².